The fourth-order valence-corrected chi connectivity index (χ4v) is 1.37. The highest BCUT2D eigenvalue weighted by Gasteiger charge is 2.22. The van der Waals surface area contributed by atoms with E-state index in [4.69, 9.17) is 9.47 Å². The van der Waals surface area contributed by atoms with Gasteiger partial charge in [-0.3, -0.25) is 4.79 Å². The van der Waals surface area contributed by atoms with Crippen LogP contribution in [-0.2, 0) is 9.59 Å². The Morgan fingerprint density at radius 2 is 1.74 bits per heavy atom. The van der Waals surface area contributed by atoms with E-state index in [-0.39, 0.29) is 11.5 Å². The van der Waals surface area contributed by atoms with Crippen molar-refractivity contribution in [2.45, 2.75) is 6.92 Å². The molecule has 1 aromatic carbocycles. The van der Waals surface area contributed by atoms with Crippen LogP contribution in [0.15, 0.2) is 36.4 Å². The average molecular weight is 263 g/mol. The van der Waals surface area contributed by atoms with Gasteiger partial charge in [-0.05, 0) is 31.2 Å². The monoisotopic (exact) mass is 263 g/mol. The van der Waals surface area contributed by atoms with Crippen molar-refractivity contribution in [2.75, 3.05) is 14.2 Å². The van der Waals surface area contributed by atoms with Crippen molar-refractivity contribution in [3.8, 4) is 11.5 Å². The van der Waals surface area contributed by atoms with Gasteiger partial charge >= 0.3 is 5.97 Å². The zero-order valence-electron chi connectivity index (χ0n) is 11.2. The van der Waals surface area contributed by atoms with Crippen molar-refractivity contribution in [3.05, 3.63) is 36.4 Å². The van der Waals surface area contributed by atoms with E-state index < -0.39 is 11.9 Å². The summed E-state index contributed by atoms with van der Waals surface area (Å²) in [5, 5.41) is 2.46. The Bertz CT molecular complexity index is 479. The average Bonchev–Trinajstić information content (AvgIpc) is 2.45. The summed E-state index contributed by atoms with van der Waals surface area (Å²) < 4.78 is 10.1. The molecule has 0 radical (unpaired) electrons. The highest BCUT2D eigenvalue weighted by molar-refractivity contribution is 5.97. The highest BCUT2D eigenvalue weighted by atomic mass is 16.5. The van der Waals surface area contributed by atoms with Gasteiger partial charge in [-0.25, -0.2) is 4.79 Å². The first-order valence-electron chi connectivity index (χ1n) is 5.76. The van der Waals surface area contributed by atoms with Gasteiger partial charge in [0.2, 0.25) is 5.91 Å². The molecule has 0 heterocycles. The van der Waals surface area contributed by atoms with Crippen LogP contribution in [0, 0.1) is 5.92 Å². The minimum absolute atomic E-state index is 0.107. The summed E-state index contributed by atoms with van der Waals surface area (Å²) in [5.74, 6) is -0.498. The predicted octanol–water partition coefficient (Wildman–Crippen LogP) is 1.54. The first-order valence-corrected chi connectivity index (χ1v) is 5.76. The number of rotatable bonds is 5. The minimum atomic E-state index is -0.629. The summed E-state index contributed by atoms with van der Waals surface area (Å²) >= 11 is 0. The first-order chi connectivity index (χ1) is 8.99. The number of carbonyl (C=O) groups is 2. The maximum absolute atomic E-state index is 11.8. The molecule has 0 aliphatic rings. The summed E-state index contributed by atoms with van der Waals surface area (Å²) in [6.07, 6.45) is 0. The number of hydrogen-bond acceptors (Lipinski definition) is 4. The van der Waals surface area contributed by atoms with Gasteiger partial charge in [0.25, 0.3) is 0 Å². The Hall–Kier alpha value is -2.30. The highest BCUT2D eigenvalue weighted by Crippen LogP contribution is 2.19. The van der Waals surface area contributed by atoms with Crippen LogP contribution in [0.5, 0.6) is 11.5 Å². The van der Waals surface area contributed by atoms with Crippen LogP contribution in [0.25, 0.3) is 0 Å². The van der Waals surface area contributed by atoms with Crippen LogP contribution in [-0.4, -0.2) is 26.0 Å². The van der Waals surface area contributed by atoms with Gasteiger partial charge in [0.15, 0.2) is 0 Å². The SMILES string of the molecule is C=C(C(=O)Oc1ccc(OC)cc1)C(C)C(=O)NC. The Balaban J connectivity index is 2.68. The third kappa shape index (κ3) is 3.84. The number of ether oxygens (including phenoxy) is 2. The van der Waals surface area contributed by atoms with Gasteiger partial charge in [0.05, 0.1) is 13.0 Å². The molecule has 0 aliphatic heterocycles. The first kappa shape index (κ1) is 14.8. The second kappa shape index (κ2) is 6.58. The summed E-state index contributed by atoms with van der Waals surface area (Å²) in [7, 11) is 3.05. The molecule has 1 rings (SSSR count). The van der Waals surface area contributed by atoms with E-state index in [9.17, 15) is 9.59 Å². The largest absolute Gasteiger partial charge is 0.497 e. The maximum Gasteiger partial charge on any atom is 0.339 e. The lowest BCUT2D eigenvalue weighted by Crippen LogP contribution is -2.30. The summed E-state index contributed by atoms with van der Waals surface area (Å²) in [6, 6.07) is 6.56. The van der Waals surface area contributed by atoms with Crippen LogP contribution >= 0.6 is 0 Å². The smallest absolute Gasteiger partial charge is 0.339 e. The Labute approximate surface area is 112 Å². The fraction of sp³-hybridized carbons (Fsp3) is 0.286. The lowest BCUT2D eigenvalue weighted by molar-refractivity contribution is -0.133. The van der Waals surface area contributed by atoms with E-state index in [2.05, 4.69) is 11.9 Å². The third-order valence-electron chi connectivity index (χ3n) is 2.69. The summed E-state index contributed by atoms with van der Waals surface area (Å²) in [6.45, 7) is 5.19. The maximum atomic E-state index is 11.8. The van der Waals surface area contributed by atoms with E-state index in [1.54, 1.807) is 38.3 Å². The van der Waals surface area contributed by atoms with Gasteiger partial charge < -0.3 is 14.8 Å². The third-order valence-corrected chi connectivity index (χ3v) is 2.69. The molecule has 1 unspecified atom stereocenters. The van der Waals surface area contributed by atoms with Crippen molar-refractivity contribution in [3.63, 3.8) is 0 Å². The molecular weight excluding hydrogens is 246 g/mol. The molecule has 19 heavy (non-hydrogen) atoms. The minimum Gasteiger partial charge on any atom is -0.497 e. The molecule has 1 aromatic rings. The van der Waals surface area contributed by atoms with Crippen LogP contribution in [0.4, 0.5) is 0 Å². The van der Waals surface area contributed by atoms with Crippen molar-refractivity contribution >= 4 is 11.9 Å². The van der Waals surface area contributed by atoms with E-state index in [0.29, 0.717) is 11.5 Å². The topological polar surface area (TPSA) is 64.6 Å². The van der Waals surface area contributed by atoms with Crippen LogP contribution < -0.4 is 14.8 Å². The quantitative estimate of drug-likeness (QED) is 0.497. The van der Waals surface area contributed by atoms with Crippen LogP contribution in [0.2, 0.25) is 0 Å². The summed E-state index contributed by atoms with van der Waals surface area (Å²) in [4.78, 5) is 23.2. The van der Waals surface area contributed by atoms with E-state index in [1.165, 1.54) is 7.05 Å². The Kier molecular flexibility index (Phi) is 5.11. The second-order valence-corrected chi connectivity index (χ2v) is 3.93. The Morgan fingerprint density at radius 1 is 1.21 bits per heavy atom. The number of benzene rings is 1. The normalized spacial score (nSPS) is 11.3. The predicted molar refractivity (Wildman–Crippen MR) is 71.0 cm³/mol. The molecule has 5 heteroatoms. The van der Waals surface area contributed by atoms with Crippen LogP contribution in [0.1, 0.15) is 6.92 Å². The molecule has 0 saturated carbocycles. The number of esters is 1. The zero-order valence-corrected chi connectivity index (χ0v) is 11.2. The zero-order chi connectivity index (χ0) is 14.4. The second-order valence-electron chi connectivity index (χ2n) is 3.93. The lowest BCUT2D eigenvalue weighted by atomic mass is 10.0. The number of carbonyl (C=O) groups excluding carboxylic acids is 2. The van der Waals surface area contributed by atoms with Gasteiger partial charge in [-0.15, -0.1) is 0 Å². The van der Waals surface area contributed by atoms with E-state index in [1.807, 2.05) is 0 Å². The molecule has 0 aliphatic carbocycles. The number of amides is 1. The molecule has 5 nitrogen and oxygen atoms in total. The lowest BCUT2D eigenvalue weighted by Gasteiger charge is -2.12. The van der Waals surface area contributed by atoms with Crippen LogP contribution in [0.3, 0.4) is 0 Å². The number of hydrogen-bond donors (Lipinski definition) is 1. The van der Waals surface area contributed by atoms with Crippen molar-refractivity contribution in [1.29, 1.82) is 0 Å². The fourth-order valence-electron chi connectivity index (χ4n) is 1.37. The van der Waals surface area contributed by atoms with E-state index in [0.717, 1.165) is 0 Å². The van der Waals surface area contributed by atoms with Gasteiger partial charge in [0, 0.05) is 12.6 Å². The molecule has 0 bridgehead atoms. The molecule has 0 spiro atoms. The van der Waals surface area contributed by atoms with Crippen molar-refractivity contribution in [2.24, 2.45) is 5.92 Å². The Morgan fingerprint density at radius 3 is 2.21 bits per heavy atom. The molecule has 1 amide bonds. The molecule has 0 aromatic heterocycles. The van der Waals surface area contributed by atoms with Gasteiger partial charge in [0.1, 0.15) is 11.5 Å². The molecule has 1 atom stereocenters. The molecule has 102 valence electrons. The molecule has 0 fully saturated rings. The number of methoxy groups -OCH3 is 1. The molecular formula is C14H17NO4. The van der Waals surface area contributed by atoms with Crippen molar-refractivity contribution < 1.29 is 19.1 Å². The standard InChI is InChI=1S/C14H17NO4/c1-9(13(16)15-3)10(2)14(17)19-12-7-5-11(18-4)6-8-12/h5-9H,2H2,1,3-4H3,(H,15,16). The molecule has 1 N–H and O–H groups in total. The van der Waals surface area contributed by atoms with Gasteiger partial charge in [-0.1, -0.05) is 6.58 Å². The number of nitrogens with one attached hydrogen (secondary N) is 1. The molecule has 0 saturated heterocycles. The van der Waals surface area contributed by atoms with Crippen molar-refractivity contribution in [1.82, 2.24) is 5.32 Å². The van der Waals surface area contributed by atoms with Gasteiger partial charge in [-0.2, -0.15) is 0 Å². The van der Waals surface area contributed by atoms with E-state index >= 15 is 0 Å². The summed E-state index contributed by atoms with van der Waals surface area (Å²) in [5.41, 5.74) is 0.107.